The van der Waals surface area contributed by atoms with Crippen molar-refractivity contribution in [3.63, 3.8) is 0 Å². The van der Waals surface area contributed by atoms with Crippen LogP contribution in [0.5, 0.6) is 0 Å². The van der Waals surface area contributed by atoms with Gasteiger partial charge in [-0.2, -0.15) is 0 Å². The number of nitrogens with one attached hydrogen (secondary N) is 1. The standard InChI is InChI=1S/C11H19N3O2/c1-8(2)12-5-10(15)6-14-7-13-9(3)4-11(14)16/h4,7-8,10,12,15H,5-6H2,1-3H3. The van der Waals surface area contributed by atoms with Crippen LogP contribution in [0.25, 0.3) is 0 Å². The molecule has 5 nitrogen and oxygen atoms in total. The summed E-state index contributed by atoms with van der Waals surface area (Å²) in [5.74, 6) is 0. The highest BCUT2D eigenvalue weighted by molar-refractivity contribution is 4.96. The van der Waals surface area contributed by atoms with Gasteiger partial charge >= 0.3 is 0 Å². The Hall–Kier alpha value is -1.20. The molecule has 0 aliphatic rings. The van der Waals surface area contributed by atoms with E-state index in [1.165, 1.54) is 17.0 Å². The van der Waals surface area contributed by atoms with E-state index in [2.05, 4.69) is 10.3 Å². The molecule has 0 bridgehead atoms. The van der Waals surface area contributed by atoms with Gasteiger partial charge in [0.25, 0.3) is 5.56 Å². The topological polar surface area (TPSA) is 67.2 Å². The fourth-order valence-electron chi connectivity index (χ4n) is 1.32. The molecule has 0 saturated heterocycles. The summed E-state index contributed by atoms with van der Waals surface area (Å²) >= 11 is 0. The van der Waals surface area contributed by atoms with Gasteiger partial charge in [0.2, 0.25) is 0 Å². The molecule has 0 aromatic carbocycles. The van der Waals surface area contributed by atoms with E-state index in [0.717, 1.165) is 0 Å². The highest BCUT2D eigenvalue weighted by Gasteiger charge is 2.07. The summed E-state index contributed by atoms with van der Waals surface area (Å²) in [6.45, 7) is 6.52. The van der Waals surface area contributed by atoms with Crippen molar-refractivity contribution >= 4 is 0 Å². The van der Waals surface area contributed by atoms with Crippen molar-refractivity contribution in [1.82, 2.24) is 14.9 Å². The number of aliphatic hydroxyl groups excluding tert-OH is 1. The molecule has 0 fully saturated rings. The minimum absolute atomic E-state index is 0.129. The molecule has 1 heterocycles. The summed E-state index contributed by atoms with van der Waals surface area (Å²) < 4.78 is 1.42. The summed E-state index contributed by atoms with van der Waals surface area (Å²) in [6, 6.07) is 1.78. The third-order valence-corrected chi connectivity index (χ3v) is 2.19. The third-order valence-electron chi connectivity index (χ3n) is 2.19. The second kappa shape index (κ2) is 5.77. The van der Waals surface area contributed by atoms with Crippen LogP contribution >= 0.6 is 0 Å². The zero-order valence-corrected chi connectivity index (χ0v) is 9.97. The Labute approximate surface area is 95.1 Å². The Morgan fingerprint density at radius 2 is 2.25 bits per heavy atom. The number of nitrogens with zero attached hydrogens (tertiary/aromatic N) is 2. The van der Waals surface area contributed by atoms with E-state index in [0.29, 0.717) is 18.3 Å². The number of hydrogen-bond donors (Lipinski definition) is 2. The predicted octanol–water partition coefficient (Wildman–Crippen LogP) is -0.0894. The van der Waals surface area contributed by atoms with E-state index in [1.54, 1.807) is 6.92 Å². The number of aliphatic hydroxyl groups is 1. The molecule has 1 unspecified atom stereocenters. The van der Waals surface area contributed by atoms with Gasteiger partial charge in [-0.15, -0.1) is 0 Å². The molecular formula is C11H19N3O2. The van der Waals surface area contributed by atoms with Gasteiger partial charge in [-0.1, -0.05) is 13.8 Å². The lowest BCUT2D eigenvalue weighted by Crippen LogP contribution is -2.36. The lowest BCUT2D eigenvalue weighted by Gasteiger charge is -2.15. The van der Waals surface area contributed by atoms with Crippen molar-refractivity contribution in [2.24, 2.45) is 0 Å². The first kappa shape index (κ1) is 12.9. The largest absolute Gasteiger partial charge is 0.390 e. The van der Waals surface area contributed by atoms with E-state index < -0.39 is 6.10 Å². The molecule has 0 spiro atoms. The molecule has 1 aromatic rings. The molecule has 0 radical (unpaired) electrons. The maximum Gasteiger partial charge on any atom is 0.253 e. The van der Waals surface area contributed by atoms with Crippen molar-refractivity contribution in [3.8, 4) is 0 Å². The Kier molecular flexibility index (Phi) is 4.64. The van der Waals surface area contributed by atoms with Gasteiger partial charge in [-0.05, 0) is 6.92 Å². The quantitative estimate of drug-likeness (QED) is 0.735. The summed E-state index contributed by atoms with van der Waals surface area (Å²) in [7, 11) is 0. The maximum absolute atomic E-state index is 11.5. The molecule has 1 atom stereocenters. The fourth-order valence-corrected chi connectivity index (χ4v) is 1.32. The lowest BCUT2D eigenvalue weighted by molar-refractivity contribution is 0.147. The fraction of sp³-hybridized carbons (Fsp3) is 0.636. The first-order valence-electron chi connectivity index (χ1n) is 5.43. The van der Waals surface area contributed by atoms with Gasteiger partial charge in [-0.25, -0.2) is 4.98 Å². The zero-order chi connectivity index (χ0) is 12.1. The third kappa shape index (κ3) is 4.12. The SMILES string of the molecule is Cc1cc(=O)n(CC(O)CNC(C)C)cn1. The Balaban J connectivity index is 2.56. The van der Waals surface area contributed by atoms with Crippen LogP contribution in [0.2, 0.25) is 0 Å². The van der Waals surface area contributed by atoms with Crippen LogP contribution < -0.4 is 10.9 Å². The normalized spacial score (nSPS) is 13.1. The Morgan fingerprint density at radius 3 is 2.81 bits per heavy atom. The summed E-state index contributed by atoms with van der Waals surface area (Å²) in [5, 5.41) is 12.8. The van der Waals surface area contributed by atoms with Gasteiger partial charge in [0, 0.05) is 24.3 Å². The maximum atomic E-state index is 11.5. The summed E-state index contributed by atoms with van der Waals surface area (Å²) in [5.41, 5.74) is 0.562. The van der Waals surface area contributed by atoms with Crippen LogP contribution in [0.1, 0.15) is 19.5 Å². The number of aryl methyl sites for hydroxylation is 1. The molecule has 0 aliphatic heterocycles. The zero-order valence-electron chi connectivity index (χ0n) is 9.97. The monoisotopic (exact) mass is 225 g/mol. The van der Waals surface area contributed by atoms with Gasteiger partial charge in [0.1, 0.15) is 0 Å². The van der Waals surface area contributed by atoms with Crippen LogP contribution in [0.3, 0.4) is 0 Å². The first-order valence-corrected chi connectivity index (χ1v) is 5.43. The minimum atomic E-state index is -0.579. The second-order valence-electron chi connectivity index (χ2n) is 4.24. The predicted molar refractivity (Wildman–Crippen MR) is 62.4 cm³/mol. The highest BCUT2D eigenvalue weighted by atomic mass is 16.3. The molecule has 90 valence electrons. The van der Waals surface area contributed by atoms with E-state index in [-0.39, 0.29) is 12.1 Å². The van der Waals surface area contributed by atoms with Crippen molar-refractivity contribution in [3.05, 3.63) is 28.4 Å². The van der Waals surface area contributed by atoms with Crippen LogP contribution in [-0.4, -0.2) is 33.3 Å². The van der Waals surface area contributed by atoms with Gasteiger partial charge < -0.3 is 10.4 Å². The average Bonchev–Trinajstić information content (AvgIpc) is 2.19. The Bertz CT molecular complexity index is 387. The molecule has 5 heteroatoms. The van der Waals surface area contributed by atoms with Crippen molar-refractivity contribution in [2.45, 2.75) is 39.5 Å². The molecule has 2 N–H and O–H groups in total. The second-order valence-corrected chi connectivity index (χ2v) is 4.24. The van der Waals surface area contributed by atoms with Crippen LogP contribution in [0.4, 0.5) is 0 Å². The van der Waals surface area contributed by atoms with Crippen LogP contribution in [-0.2, 0) is 6.54 Å². The van der Waals surface area contributed by atoms with Crippen LogP contribution in [0, 0.1) is 6.92 Å². The lowest BCUT2D eigenvalue weighted by atomic mass is 10.3. The molecule has 0 saturated carbocycles. The van der Waals surface area contributed by atoms with Gasteiger partial charge in [-0.3, -0.25) is 9.36 Å². The molecular weight excluding hydrogens is 206 g/mol. The van der Waals surface area contributed by atoms with E-state index >= 15 is 0 Å². The van der Waals surface area contributed by atoms with Crippen LogP contribution in [0.15, 0.2) is 17.2 Å². The minimum Gasteiger partial charge on any atom is -0.390 e. The van der Waals surface area contributed by atoms with Crippen molar-refractivity contribution in [1.29, 1.82) is 0 Å². The smallest absolute Gasteiger partial charge is 0.253 e. The van der Waals surface area contributed by atoms with Gasteiger partial charge in [0.05, 0.1) is 19.0 Å². The first-order chi connectivity index (χ1) is 7.49. The molecule has 0 amide bonds. The molecule has 1 aromatic heterocycles. The number of hydrogen-bond acceptors (Lipinski definition) is 4. The molecule has 1 rings (SSSR count). The van der Waals surface area contributed by atoms with Crippen molar-refractivity contribution in [2.75, 3.05) is 6.54 Å². The Morgan fingerprint density at radius 1 is 1.56 bits per heavy atom. The number of rotatable bonds is 5. The highest BCUT2D eigenvalue weighted by Crippen LogP contribution is 1.90. The number of aromatic nitrogens is 2. The molecule has 16 heavy (non-hydrogen) atoms. The summed E-state index contributed by atoms with van der Waals surface area (Å²) in [4.78, 5) is 15.5. The van der Waals surface area contributed by atoms with Crippen molar-refractivity contribution < 1.29 is 5.11 Å². The van der Waals surface area contributed by atoms with Gasteiger partial charge in [0.15, 0.2) is 0 Å². The van der Waals surface area contributed by atoms with E-state index in [9.17, 15) is 9.90 Å². The average molecular weight is 225 g/mol. The van der Waals surface area contributed by atoms with E-state index in [4.69, 9.17) is 0 Å². The molecule has 0 aliphatic carbocycles. The van der Waals surface area contributed by atoms with E-state index in [1.807, 2.05) is 13.8 Å². The summed E-state index contributed by atoms with van der Waals surface area (Å²) in [6.07, 6.45) is 0.889.